The van der Waals surface area contributed by atoms with Crippen molar-refractivity contribution in [2.45, 2.75) is 64.1 Å². The average molecular weight is 572 g/mol. The van der Waals surface area contributed by atoms with E-state index < -0.39 is 40.2 Å². The lowest BCUT2D eigenvalue weighted by Crippen LogP contribution is -2.53. The lowest BCUT2D eigenvalue weighted by atomic mass is 10.1. The summed E-state index contributed by atoms with van der Waals surface area (Å²) in [7, 11) is -4.25. The Labute approximate surface area is 234 Å². The van der Waals surface area contributed by atoms with Crippen molar-refractivity contribution >= 4 is 27.5 Å². The number of nitrogens with one attached hydrogen (secondary N) is 1. The van der Waals surface area contributed by atoms with Gasteiger partial charge in [-0.2, -0.15) is 0 Å². The van der Waals surface area contributed by atoms with Crippen LogP contribution < -0.4 is 9.62 Å². The van der Waals surface area contributed by atoms with E-state index in [1.54, 1.807) is 19.1 Å². The van der Waals surface area contributed by atoms with Crippen LogP contribution in [0.2, 0.25) is 0 Å². The molecule has 0 spiro atoms. The van der Waals surface area contributed by atoms with Crippen molar-refractivity contribution in [1.29, 1.82) is 0 Å². The van der Waals surface area contributed by atoms with Crippen LogP contribution in [0.5, 0.6) is 0 Å². The van der Waals surface area contributed by atoms with Gasteiger partial charge in [0.25, 0.3) is 10.0 Å². The summed E-state index contributed by atoms with van der Waals surface area (Å²) in [6.07, 6.45) is 0.942. The second kappa shape index (κ2) is 13.5. The lowest BCUT2D eigenvalue weighted by Gasteiger charge is -2.33. The molecule has 10 heteroatoms. The molecule has 3 aromatic rings. The van der Waals surface area contributed by atoms with Crippen LogP contribution in [-0.4, -0.2) is 43.8 Å². The summed E-state index contributed by atoms with van der Waals surface area (Å²) in [6, 6.07) is 15.4. The molecule has 1 N–H and O–H groups in total. The Morgan fingerprint density at radius 2 is 1.40 bits per heavy atom. The van der Waals surface area contributed by atoms with E-state index in [1.165, 1.54) is 53.4 Å². The number of hydrogen-bond donors (Lipinski definition) is 1. The summed E-state index contributed by atoms with van der Waals surface area (Å²) in [5, 5.41) is 2.90. The zero-order chi connectivity index (χ0) is 29.4. The first kappa shape index (κ1) is 30.7. The Kier molecular flexibility index (Phi) is 10.4. The first-order chi connectivity index (χ1) is 19.0. The van der Waals surface area contributed by atoms with Crippen LogP contribution in [0.1, 0.15) is 44.7 Å². The van der Waals surface area contributed by atoms with E-state index in [4.69, 9.17) is 0 Å². The normalized spacial score (nSPS) is 12.8. The standard InChI is InChI=1S/C30H35F2N3O4S/c1-5-22(4)33-30(37)28(6-2)34(19-23-9-11-24(31)12-10-23)29(36)20-35(26-15-13-25(32)14-16-26)40(38,39)27-17-7-21(3)8-18-27/h7-18,22,28H,5-6,19-20H2,1-4H3,(H,33,37)/t22-,28-/m1/s1. The molecule has 0 fully saturated rings. The van der Waals surface area contributed by atoms with E-state index in [0.29, 0.717) is 12.0 Å². The van der Waals surface area contributed by atoms with Crippen molar-refractivity contribution in [3.05, 3.63) is 95.6 Å². The van der Waals surface area contributed by atoms with E-state index in [9.17, 15) is 26.8 Å². The maximum atomic E-state index is 13.9. The molecule has 0 radical (unpaired) electrons. The number of hydrogen-bond acceptors (Lipinski definition) is 4. The SMILES string of the molecule is CC[C@@H](C)NC(=O)[C@@H](CC)N(Cc1ccc(F)cc1)C(=O)CN(c1ccc(F)cc1)S(=O)(=O)c1ccc(C)cc1. The number of anilines is 1. The van der Waals surface area contributed by atoms with Gasteiger partial charge in [-0.3, -0.25) is 13.9 Å². The van der Waals surface area contributed by atoms with Crippen LogP contribution in [-0.2, 0) is 26.2 Å². The monoisotopic (exact) mass is 571 g/mol. The number of sulfonamides is 1. The zero-order valence-corrected chi connectivity index (χ0v) is 23.9. The first-order valence-electron chi connectivity index (χ1n) is 13.2. The predicted octanol–water partition coefficient (Wildman–Crippen LogP) is 5.19. The maximum Gasteiger partial charge on any atom is 0.264 e. The van der Waals surface area contributed by atoms with Crippen LogP contribution in [0.4, 0.5) is 14.5 Å². The van der Waals surface area contributed by atoms with Gasteiger partial charge in [0.05, 0.1) is 10.6 Å². The molecule has 0 aliphatic rings. The summed E-state index contributed by atoms with van der Waals surface area (Å²) < 4.78 is 55.8. The summed E-state index contributed by atoms with van der Waals surface area (Å²) >= 11 is 0. The second-order valence-electron chi connectivity index (χ2n) is 9.69. The lowest BCUT2D eigenvalue weighted by molar-refractivity contribution is -0.140. The topological polar surface area (TPSA) is 86.8 Å². The molecule has 3 rings (SSSR count). The number of benzene rings is 3. The van der Waals surface area contributed by atoms with Crippen molar-refractivity contribution < 1.29 is 26.8 Å². The molecule has 0 aromatic heterocycles. The number of carbonyl (C=O) groups is 2. The number of aryl methyl sites for hydroxylation is 1. The largest absolute Gasteiger partial charge is 0.352 e. The molecule has 0 aliphatic carbocycles. The summed E-state index contributed by atoms with van der Waals surface area (Å²) in [6.45, 7) is 6.65. The Morgan fingerprint density at radius 1 is 0.850 bits per heavy atom. The number of halogens is 2. The van der Waals surface area contributed by atoms with Gasteiger partial charge >= 0.3 is 0 Å². The van der Waals surface area contributed by atoms with Crippen LogP contribution in [0.15, 0.2) is 77.7 Å². The number of carbonyl (C=O) groups excluding carboxylic acids is 2. The zero-order valence-electron chi connectivity index (χ0n) is 23.1. The molecule has 0 saturated carbocycles. The molecule has 40 heavy (non-hydrogen) atoms. The fraction of sp³-hybridized carbons (Fsp3) is 0.333. The maximum absolute atomic E-state index is 13.9. The molecular weight excluding hydrogens is 536 g/mol. The van der Waals surface area contributed by atoms with Gasteiger partial charge in [0.1, 0.15) is 24.2 Å². The predicted molar refractivity (Wildman–Crippen MR) is 151 cm³/mol. The smallest absolute Gasteiger partial charge is 0.264 e. The quantitative estimate of drug-likeness (QED) is 0.324. The highest BCUT2D eigenvalue weighted by Gasteiger charge is 2.34. The van der Waals surface area contributed by atoms with Crippen LogP contribution in [0, 0.1) is 18.6 Å². The van der Waals surface area contributed by atoms with E-state index in [-0.39, 0.29) is 35.5 Å². The van der Waals surface area contributed by atoms with Gasteiger partial charge in [-0.05, 0) is 80.8 Å². The third-order valence-electron chi connectivity index (χ3n) is 6.66. The highest BCUT2D eigenvalue weighted by atomic mass is 32.2. The Hall–Kier alpha value is -3.79. The first-order valence-corrected chi connectivity index (χ1v) is 14.6. The van der Waals surface area contributed by atoms with E-state index >= 15 is 0 Å². The highest BCUT2D eigenvalue weighted by molar-refractivity contribution is 7.92. The molecule has 3 aromatic carbocycles. The van der Waals surface area contributed by atoms with Gasteiger partial charge < -0.3 is 10.2 Å². The number of amides is 2. The number of rotatable bonds is 12. The summed E-state index contributed by atoms with van der Waals surface area (Å²) in [4.78, 5) is 28.5. The number of nitrogens with zero attached hydrogens (tertiary/aromatic N) is 2. The van der Waals surface area contributed by atoms with E-state index in [0.717, 1.165) is 22.0 Å². The average Bonchev–Trinajstić information content (AvgIpc) is 2.93. The molecule has 7 nitrogen and oxygen atoms in total. The van der Waals surface area contributed by atoms with Crippen molar-refractivity contribution in [2.75, 3.05) is 10.8 Å². The van der Waals surface area contributed by atoms with E-state index in [2.05, 4.69) is 5.32 Å². The van der Waals surface area contributed by atoms with Crippen molar-refractivity contribution in [2.24, 2.45) is 0 Å². The fourth-order valence-corrected chi connectivity index (χ4v) is 5.53. The molecule has 2 amide bonds. The fourth-order valence-electron chi connectivity index (χ4n) is 4.12. The van der Waals surface area contributed by atoms with Crippen LogP contribution in [0.3, 0.4) is 0 Å². The van der Waals surface area contributed by atoms with Crippen molar-refractivity contribution in [3.63, 3.8) is 0 Å². The Balaban J connectivity index is 2.04. The molecule has 0 bridgehead atoms. The molecule has 2 atom stereocenters. The third kappa shape index (κ3) is 7.65. The molecule has 0 unspecified atom stereocenters. The van der Waals surface area contributed by atoms with Gasteiger partial charge in [0, 0.05) is 12.6 Å². The molecule has 0 saturated heterocycles. The third-order valence-corrected chi connectivity index (χ3v) is 8.44. The highest BCUT2D eigenvalue weighted by Crippen LogP contribution is 2.25. The van der Waals surface area contributed by atoms with Gasteiger partial charge in [-0.1, -0.05) is 43.7 Å². The summed E-state index contributed by atoms with van der Waals surface area (Å²) in [5.74, 6) is -2.03. The minimum atomic E-state index is -4.25. The van der Waals surface area contributed by atoms with Crippen molar-refractivity contribution in [1.82, 2.24) is 10.2 Å². The molecule has 0 heterocycles. The van der Waals surface area contributed by atoms with E-state index in [1.807, 2.05) is 20.8 Å². The Bertz CT molecular complexity index is 1400. The van der Waals surface area contributed by atoms with Crippen LogP contribution in [0.25, 0.3) is 0 Å². The Morgan fingerprint density at radius 3 is 1.93 bits per heavy atom. The van der Waals surface area contributed by atoms with Gasteiger partial charge in [0.15, 0.2) is 0 Å². The van der Waals surface area contributed by atoms with Crippen LogP contribution >= 0.6 is 0 Å². The minimum absolute atomic E-state index is 0.0399. The van der Waals surface area contributed by atoms with Gasteiger partial charge in [-0.25, -0.2) is 17.2 Å². The molecule has 214 valence electrons. The second-order valence-corrected chi connectivity index (χ2v) is 11.6. The van der Waals surface area contributed by atoms with Gasteiger partial charge in [0.2, 0.25) is 11.8 Å². The minimum Gasteiger partial charge on any atom is -0.352 e. The van der Waals surface area contributed by atoms with Crippen molar-refractivity contribution in [3.8, 4) is 0 Å². The molecular formula is C30H35F2N3O4S. The molecule has 0 aliphatic heterocycles. The summed E-state index contributed by atoms with van der Waals surface area (Å²) in [5.41, 5.74) is 1.51. The van der Waals surface area contributed by atoms with Gasteiger partial charge in [-0.15, -0.1) is 0 Å².